The van der Waals surface area contributed by atoms with Gasteiger partial charge in [0.2, 0.25) is 0 Å². The molecule has 0 amide bonds. The molecule has 2 rings (SSSR count). The van der Waals surface area contributed by atoms with Gasteiger partial charge >= 0.3 is 0 Å². The Balaban J connectivity index is 1.97. The first kappa shape index (κ1) is 16.4. The third-order valence-corrected chi connectivity index (χ3v) is 4.35. The molecule has 1 aliphatic heterocycles. The summed E-state index contributed by atoms with van der Waals surface area (Å²) in [5, 5.41) is 9.67. The van der Waals surface area contributed by atoms with Crippen molar-refractivity contribution in [2.24, 2.45) is 0 Å². The molecular formula is C16H23ClN2O2. The zero-order chi connectivity index (χ0) is 15.2. The summed E-state index contributed by atoms with van der Waals surface area (Å²) >= 11 is 5.86. The average molecular weight is 311 g/mol. The summed E-state index contributed by atoms with van der Waals surface area (Å²) in [5.41, 5.74) is 0.711. The fraction of sp³-hybridized carbons (Fsp3) is 0.562. The lowest BCUT2D eigenvalue weighted by molar-refractivity contribution is 0.0841. The van der Waals surface area contributed by atoms with Gasteiger partial charge < -0.3 is 5.11 Å². The molecule has 1 N–H and O–H groups in total. The van der Waals surface area contributed by atoms with Crippen LogP contribution in [0.25, 0.3) is 0 Å². The molecule has 1 aromatic carbocycles. The van der Waals surface area contributed by atoms with Gasteiger partial charge in [-0.15, -0.1) is 0 Å². The van der Waals surface area contributed by atoms with Crippen LogP contribution in [0.5, 0.6) is 0 Å². The summed E-state index contributed by atoms with van der Waals surface area (Å²) in [4.78, 5) is 17.0. The van der Waals surface area contributed by atoms with Gasteiger partial charge in [-0.1, -0.05) is 11.6 Å². The number of hydrogen-bond acceptors (Lipinski definition) is 4. The number of ketones is 1. The van der Waals surface area contributed by atoms with Crippen molar-refractivity contribution in [2.45, 2.75) is 19.4 Å². The van der Waals surface area contributed by atoms with Crippen LogP contribution in [0, 0.1) is 0 Å². The molecule has 0 bridgehead atoms. The van der Waals surface area contributed by atoms with Gasteiger partial charge in [-0.25, -0.2) is 0 Å². The fourth-order valence-electron chi connectivity index (χ4n) is 2.76. The molecule has 5 heteroatoms. The van der Waals surface area contributed by atoms with Gasteiger partial charge in [0.05, 0.1) is 12.6 Å². The summed E-state index contributed by atoms with van der Waals surface area (Å²) in [5.74, 6) is 0.141. The van der Waals surface area contributed by atoms with E-state index in [-0.39, 0.29) is 18.4 Å². The van der Waals surface area contributed by atoms with Crippen LogP contribution < -0.4 is 0 Å². The zero-order valence-electron chi connectivity index (χ0n) is 12.5. The second-order valence-corrected chi connectivity index (χ2v) is 5.94. The summed E-state index contributed by atoms with van der Waals surface area (Å²) in [6.45, 7) is 6.55. The molecule has 1 unspecified atom stereocenters. The number of Topliss-reactive ketones (excluding diaryl/α,β-unsaturated/α-hetero) is 1. The topological polar surface area (TPSA) is 43.8 Å². The van der Waals surface area contributed by atoms with Crippen LogP contribution in [0.4, 0.5) is 0 Å². The Morgan fingerprint density at radius 3 is 2.62 bits per heavy atom. The lowest BCUT2D eigenvalue weighted by Crippen LogP contribution is -2.41. The molecule has 1 aromatic rings. The second-order valence-electron chi connectivity index (χ2n) is 5.50. The number of halogens is 1. The number of benzene rings is 1. The molecule has 116 valence electrons. The monoisotopic (exact) mass is 310 g/mol. The third-order valence-electron chi connectivity index (χ3n) is 4.10. The van der Waals surface area contributed by atoms with Gasteiger partial charge in [-0.05, 0) is 44.2 Å². The Bertz CT molecular complexity index is 464. The van der Waals surface area contributed by atoms with Gasteiger partial charge in [0.25, 0.3) is 0 Å². The van der Waals surface area contributed by atoms with Crippen LogP contribution in [0.1, 0.15) is 23.7 Å². The molecule has 1 fully saturated rings. The SMILES string of the molecule is CC(C(=O)c1ccc(Cl)cc1)N1CCCN(CCO)CC1. The quantitative estimate of drug-likeness (QED) is 0.844. The van der Waals surface area contributed by atoms with Crippen molar-refractivity contribution < 1.29 is 9.90 Å². The summed E-state index contributed by atoms with van der Waals surface area (Å²) in [6.07, 6.45) is 1.03. The maximum atomic E-state index is 12.5. The van der Waals surface area contributed by atoms with Crippen molar-refractivity contribution in [3.63, 3.8) is 0 Å². The highest BCUT2D eigenvalue weighted by atomic mass is 35.5. The molecule has 1 saturated heterocycles. The standard InChI is InChI=1S/C16H23ClN2O2/c1-13(16(21)14-3-5-15(17)6-4-14)19-8-2-7-18(9-10-19)11-12-20/h3-6,13,20H,2,7-12H2,1H3. The van der Waals surface area contributed by atoms with Gasteiger partial charge in [0.15, 0.2) is 5.78 Å². The van der Waals surface area contributed by atoms with E-state index in [9.17, 15) is 4.79 Å². The highest BCUT2D eigenvalue weighted by molar-refractivity contribution is 6.30. The van der Waals surface area contributed by atoms with E-state index >= 15 is 0 Å². The predicted octanol–water partition coefficient (Wildman–Crippen LogP) is 1.91. The molecule has 0 saturated carbocycles. The second kappa shape index (κ2) is 7.90. The number of hydrogen-bond donors (Lipinski definition) is 1. The molecule has 0 radical (unpaired) electrons. The Morgan fingerprint density at radius 1 is 1.24 bits per heavy atom. The maximum absolute atomic E-state index is 12.5. The van der Waals surface area contributed by atoms with Gasteiger partial charge in [0.1, 0.15) is 0 Å². The first-order valence-corrected chi connectivity index (χ1v) is 7.86. The van der Waals surface area contributed by atoms with Crippen molar-refractivity contribution in [1.82, 2.24) is 9.80 Å². The van der Waals surface area contributed by atoms with Crippen molar-refractivity contribution in [3.05, 3.63) is 34.9 Å². The Kier molecular flexibility index (Phi) is 6.18. The molecule has 1 atom stereocenters. The molecule has 0 aliphatic carbocycles. The molecule has 0 aromatic heterocycles. The highest BCUT2D eigenvalue weighted by Crippen LogP contribution is 2.15. The number of nitrogens with zero attached hydrogens (tertiary/aromatic N) is 2. The van der Waals surface area contributed by atoms with Crippen molar-refractivity contribution in [2.75, 3.05) is 39.3 Å². The smallest absolute Gasteiger partial charge is 0.179 e. The fourth-order valence-corrected chi connectivity index (χ4v) is 2.89. The van der Waals surface area contributed by atoms with E-state index in [1.54, 1.807) is 24.3 Å². The minimum atomic E-state index is -0.125. The normalized spacial score (nSPS) is 19.2. The summed E-state index contributed by atoms with van der Waals surface area (Å²) in [7, 11) is 0. The number of aliphatic hydroxyl groups is 1. The Labute approximate surface area is 131 Å². The van der Waals surface area contributed by atoms with E-state index in [1.807, 2.05) is 6.92 Å². The number of carbonyl (C=O) groups is 1. The maximum Gasteiger partial charge on any atom is 0.179 e. The molecular weight excluding hydrogens is 288 g/mol. The molecule has 1 heterocycles. The number of carbonyl (C=O) groups excluding carboxylic acids is 1. The first-order valence-electron chi connectivity index (χ1n) is 7.49. The van der Waals surface area contributed by atoms with Crippen LogP contribution in [0.2, 0.25) is 5.02 Å². The van der Waals surface area contributed by atoms with Crippen LogP contribution in [-0.4, -0.2) is 66.1 Å². The van der Waals surface area contributed by atoms with Crippen molar-refractivity contribution >= 4 is 17.4 Å². The van der Waals surface area contributed by atoms with E-state index in [0.29, 0.717) is 17.1 Å². The molecule has 1 aliphatic rings. The first-order chi connectivity index (χ1) is 10.1. The summed E-state index contributed by atoms with van der Waals surface area (Å²) in [6, 6.07) is 6.97. The predicted molar refractivity (Wildman–Crippen MR) is 85.0 cm³/mol. The zero-order valence-corrected chi connectivity index (χ0v) is 13.2. The lowest BCUT2D eigenvalue weighted by Gasteiger charge is -2.26. The van der Waals surface area contributed by atoms with Crippen LogP contribution in [0.15, 0.2) is 24.3 Å². The van der Waals surface area contributed by atoms with Gasteiger partial charge in [-0.2, -0.15) is 0 Å². The van der Waals surface area contributed by atoms with E-state index < -0.39 is 0 Å². The average Bonchev–Trinajstić information content (AvgIpc) is 2.73. The largest absolute Gasteiger partial charge is 0.395 e. The number of aliphatic hydroxyl groups excluding tert-OH is 1. The van der Waals surface area contributed by atoms with Gasteiger partial charge in [-0.3, -0.25) is 14.6 Å². The Morgan fingerprint density at radius 2 is 1.95 bits per heavy atom. The Hall–Kier alpha value is -0.940. The highest BCUT2D eigenvalue weighted by Gasteiger charge is 2.24. The van der Waals surface area contributed by atoms with E-state index in [4.69, 9.17) is 16.7 Å². The number of β-amino-alcohol motifs (C(OH)–C–C–N with tert-alkyl or cyclic N) is 1. The summed E-state index contributed by atoms with van der Waals surface area (Å²) < 4.78 is 0. The van der Waals surface area contributed by atoms with Crippen LogP contribution >= 0.6 is 11.6 Å². The van der Waals surface area contributed by atoms with Crippen molar-refractivity contribution in [3.8, 4) is 0 Å². The minimum Gasteiger partial charge on any atom is -0.395 e. The van der Waals surface area contributed by atoms with Crippen LogP contribution in [0.3, 0.4) is 0 Å². The lowest BCUT2D eigenvalue weighted by atomic mass is 10.0. The van der Waals surface area contributed by atoms with Crippen LogP contribution in [-0.2, 0) is 0 Å². The molecule has 21 heavy (non-hydrogen) atoms. The number of rotatable bonds is 5. The molecule has 0 spiro atoms. The third kappa shape index (κ3) is 4.51. The molecule has 4 nitrogen and oxygen atoms in total. The van der Waals surface area contributed by atoms with E-state index in [0.717, 1.165) is 32.6 Å². The van der Waals surface area contributed by atoms with Crippen molar-refractivity contribution in [1.29, 1.82) is 0 Å². The van der Waals surface area contributed by atoms with E-state index in [2.05, 4.69) is 9.80 Å². The minimum absolute atomic E-state index is 0.125. The van der Waals surface area contributed by atoms with E-state index in [1.165, 1.54) is 0 Å². The van der Waals surface area contributed by atoms with Gasteiger partial charge in [0, 0.05) is 36.8 Å².